The highest BCUT2D eigenvalue weighted by Crippen LogP contribution is 2.27. The van der Waals surface area contributed by atoms with Gasteiger partial charge in [-0.25, -0.2) is 9.59 Å². The number of rotatable bonds is 5. The minimum atomic E-state index is -0.954. The number of carboxylic acids is 1. The number of carbonyl (C=O) groups is 2. The molecule has 1 unspecified atom stereocenters. The minimum absolute atomic E-state index is 0.0949. The van der Waals surface area contributed by atoms with Crippen molar-refractivity contribution < 1.29 is 19.4 Å². The quantitative estimate of drug-likeness (QED) is 0.868. The van der Waals surface area contributed by atoms with Crippen LogP contribution in [0.1, 0.15) is 49.5 Å². The Morgan fingerprint density at radius 3 is 2.54 bits per heavy atom. The lowest BCUT2D eigenvalue weighted by Gasteiger charge is -2.40. The minimum Gasteiger partial charge on any atom is -0.478 e. The summed E-state index contributed by atoms with van der Waals surface area (Å²) in [5.41, 5.74) is 0.907. The van der Waals surface area contributed by atoms with E-state index in [0.29, 0.717) is 19.7 Å². The van der Waals surface area contributed by atoms with Crippen molar-refractivity contribution in [3.8, 4) is 0 Å². The molecule has 24 heavy (non-hydrogen) atoms. The highest BCUT2D eigenvalue weighted by atomic mass is 16.5. The summed E-state index contributed by atoms with van der Waals surface area (Å²) in [4.78, 5) is 25.2. The zero-order chi connectivity index (χ0) is 17.7. The number of amides is 2. The second-order valence-electron chi connectivity index (χ2n) is 6.70. The predicted octanol–water partition coefficient (Wildman–Crippen LogP) is 2.87. The van der Waals surface area contributed by atoms with Crippen LogP contribution in [0.2, 0.25) is 0 Å². The van der Waals surface area contributed by atoms with Gasteiger partial charge in [0, 0.05) is 25.7 Å². The van der Waals surface area contributed by atoms with Crippen LogP contribution in [0.5, 0.6) is 0 Å². The zero-order valence-corrected chi connectivity index (χ0v) is 14.5. The smallest absolute Gasteiger partial charge is 0.335 e. The molecule has 2 rings (SSSR count). The van der Waals surface area contributed by atoms with E-state index in [2.05, 4.69) is 19.2 Å². The second kappa shape index (κ2) is 7.66. The molecule has 0 aliphatic carbocycles. The fourth-order valence-corrected chi connectivity index (χ4v) is 3.08. The molecule has 1 fully saturated rings. The van der Waals surface area contributed by atoms with Gasteiger partial charge in [0.2, 0.25) is 0 Å². The average molecular weight is 334 g/mol. The van der Waals surface area contributed by atoms with Crippen LogP contribution in [0.3, 0.4) is 0 Å². The van der Waals surface area contributed by atoms with Gasteiger partial charge in [-0.05, 0) is 51.3 Å². The number of ether oxygens (including phenoxy) is 1. The normalized spacial score (nSPS) is 19.5. The molecule has 0 spiro atoms. The van der Waals surface area contributed by atoms with Crippen molar-refractivity contribution in [3.05, 3.63) is 35.4 Å². The van der Waals surface area contributed by atoms with Crippen molar-refractivity contribution in [2.75, 3.05) is 13.2 Å². The van der Waals surface area contributed by atoms with Crippen LogP contribution in [-0.4, -0.2) is 46.8 Å². The number of hydrogen-bond acceptors (Lipinski definition) is 3. The third kappa shape index (κ3) is 4.71. The first kappa shape index (κ1) is 18.3. The van der Waals surface area contributed by atoms with Crippen LogP contribution in [0.4, 0.5) is 4.79 Å². The highest BCUT2D eigenvalue weighted by Gasteiger charge is 2.33. The number of nitrogens with one attached hydrogen (secondary N) is 1. The van der Waals surface area contributed by atoms with E-state index in [1.807, 2.05) is 11.8 Å². The summed E-state index contributed by atoms with van der Waals surface area (Å²) < 4.78 is 5.72. The Kier molecular flexibility index (Phi) is 5.83. The molecule has 132 valence electrons. The number of hydrogen-bond donors (Lipinski definition) is 2. The number of carbonyl (C=O) groups excluding carboxylic acids is 1. The van der Waals surface area contributed by atoms with Crippen molar-refractivity contribution in [3.63, 3.8) is 0 Å². The van der Waals surface area contributed by atoms with Gasteiger partial charge < -0.3 is 20.1 Å². The van der Waals surface area contributed by atoms with E-state index in [1.165, 1.54) is 0 Å². The van der Waals surface area contributed by atoms with E-state index in [-0.39, 0.29) is 23.2 Å². The third-order valence-electron chi connectivity index (χ3n) is 4.36. The lowest BCUT2D eigenvalue weighted by atomic mass is 9.93. The van der Waals surface area contributed by atoms with Gasteiger partial charge in [-0.2, -0.15) is 0 Å². The van der Waals surface area contributed by atoms with E-state index in [4.69, 9.17) is 9.84 Å². The number of nitrogens with zero attached hydrogens (tertiary/aromatic N) is 1. The van der Waals surface area contributed by atoms with Crippen LogP contribution in [-0.2, 0) is 11.3 Å². The maximum Gasteiger partial charge on any atom is 0.335 e. The van der Waals surface area contributed by atoms with Gasteiger partial charge in [0.05, 0.1) is 11.2 Å². The summed E-state index contributed by atoms with van der Waals surface area (Å²) in [6.07, 6.45) is 1.67. The molecule has 6 nitrogen and oxygen atoms in total. The topological polar surface area (TPSA) is 78.9 Å². The summed E-state index contributed by atoms with van der Waals surface area (Å²) in [6, 6.07) is 6.61. The van der Waals surface area contributed by atoms with Crippen molar-refractivity contribution >= 4 is 12.0 Å². The summed E-state index contributed by atoms with van der Waals surface area (Å²) in [7, 11) is 0. The van der Waals surface area contributed by atoms with E-state index in [9.17, 15) is 9.59 Å². The van der Waals surface area contributed by atoms with Crippen LogP contribution in [0, 0.1) is 0 Å². The molecule has 0 aromatic heterocycles. The fourth-order valence-electron chi connectivity index (χ4n) is 3.08. The molecule has 1 aromatic rings. The first-order valence-electron chi connectivity index (χ1n) is 8.33. The van der Waals surface area contributed by atoms with Gasteiger partial charge >= 0.3 is 12.0 Å². The Bertz CT molecular complexity index is 583. The maximum absolute atomic E-state index is 12.5. The third-order valence-corrected chi connectivity index (χ3v) is 4.36. The molecule has 1 aliphatic heterocycles. The van der Waals surface area contributed by atoms with Gasteiger partial charge in [0.1, 0.15) is 0 Å². The van der Waals surface area contributed by atoms with E-state index >= 15 is 0 Å². The first-order valence-corrected chi connectivity index (χ1v) is 8.33. The van der Waals surface area contributed by atoms with Crippen LogP contribution >= 0.6 is 0 Å². The number of urea groups is 1. The Morgan fingerprint density at radius 2 is 2.00 bits per heavy atom. The van der Waals surface area contributed by atoms with Gasteiger partial charge in [-0.3, -0.25) is 0 Å². The van der Waals surface area contributed by atoms with Gasteiger partial charge in [-0.1, -0.05) is 12.1 Å². The number of aromatic carboxylic acids is 1. The fraction of sp³-hybridized carbons (Fsp3) is 0.556. The molecule has 1 saturated heterocycles. The first-order chi connectivity index (χ1) is 11.3. The summed E-state index contributed by atoms with van der Waals surface area (Å²) >= 11 is 0. The van der Waals surface area contributed by atoms with Crippen LogP contribution < -0.4 is 5.32 Å². The Hall–Kier alpha value is -2.08. The Labute approximate surface area is 142 Å². The van der Waals surface area contributed by atoms with Crippen molar-refractivity contribution in [2.45, 2.75) is 51.8 Å². The van der Waals surface area contributed by atoms with Gasteiger partial charge in [-0.15, -0.1) is 0 Å². The molecular weight excluding hydrogens is 308 g/mol. The molecule has 0 radical (unpaired) electrons. The largest absolute Gasteiger partial charge is 0.478 e. The number of carboxylic acid groups (broad SMARTS) is 1. The lowest BCUT2D eigenvalue weighted by molar-refractivity contribution is -0.0764. The number of benzene rings is 1. The molecule has 1 atom stereocenters. The van der Waals surface area contributed by atoms with Crippen molar-refractivity contribution in [2.24, 2.45) is 0 Å². The maximum atomic E-state index is 12.5. The van der Waals surface area contributed by atoms with Gasteiger partial charge in [0.15, 0.2) is 0 Å². The summed E-state index contributed by atoms with van der Waals surface area (Å²) in [5, 5.41) is 11.8. The van der Waals surface area contributed by atoms with Crippen LogP contribution in [0.25, 0.3) is 0 Å². The highest BCUT2D eigenvalue weighted by molar-refractivity contribution is 5.87. The SMILES string of the molecule is CCN(C(=O)NCc1ccc(C(=O)O)cc1)C1CCOC(C)(C)C1. The van der Waals surface area contributed by atoms with Crippen LogP contribution in [0.15, 0.2) is 24.3 Å². The molecule has 1 heterocycles. The molecular formula is C18H26N2O4. The molecule has 2 amide bonds. The molecule has 0 bridgehead atoms. The Balaban J connectivity index is 1.93. The van der Waals surface area contributed by atoms with E-state index in [1.54, 1.807) is 24.3 Å². The molecule has 0 saturated carbocycles. The summed E-state index contributed by atoms with van der Waals surface area (Å²) in [5.74, 6) is -0.954. The Morgan fingerprint density at radius 1 is 1.33 bits per heavy atom. The molecule has 1 aliphatic rings. The predicted molar refractivity (Wildman–Crippen MR) is 91.1 cm³/mol. The van der Waals surface area contributed by atoms with E-state index < -0.39 is 5.97 Å². The molecule has 2 N–H and O–H groups in total. The molecule has 1 aromatic carbocycles. The second-order valence-corrected chi connectivity index (χ2v) is 6.70. The van der Waals surface area contributed by atoms with Gasteiger partial charge in [0.25, 0.3) is 0 Å². The van der Waals surface area contributed by atoms with Crippen molar-refractivity contribution in [1.82, 2.24) is 10.2 Å². The monoisotopic (exact) mass is 334 g/mol. The lowest BCUT2D eigenvalue weighted by Crippen LogP contribution is -2.51. The van der Waals surface area contributed by atoms with Crippen molar-refractivity contribution in [1.29, 1.82) is 0 Å². The average Bonchev–Trinajstić information content (AvgIpc) is 2.53. The van der Waals surface area contributed by atoms with E-state index in [0.717, 1.165) is 18.4 Å². The molecule has 6 heteroatoms. The zero-order valence-electron chi connectivity index (χ0n) is 14.5. The standard InChI is InChI=1S/C18H26N2O4/c1-4-20(15-9-10-24-18(2,3)11-15)17(23)19-12-13-5-7-14(8-6-13)16(21)22/h5-8,15H,4,9-12H2,1-3H3,(H,19,23)(H,21,22). The summed E-state index contributed by atoms with van der Waals surface area (Å²) in [6.45, 7) is 7.76.